The molecule has 0 bridgehead atoms. The number of methoxy groups -OCH3 is 1. The van der Waals surface area contributed by atoms with Gasteiger partial charge in [0.25, 0.3) is 5.91 Å². The Morgan fingerprint density at radius 2 is 1.94 bits per heavy atom. The fraction of sp³-hybridized carbons (Fsp3) is 0.583. The molecule has 7 nitrogen and oxygen atoms in total. The van der Waals surface area contributed by atoms with Gasteiger partial charge >= 0.3 is 0 Å². The van der Waals surface area contributed by atoms with Crippen molar-refractivity contribution in [2.24, 2.45) is 4.99 Å². The molecule has 1 aromatic rings. The maximum Gasteiger partial charge on any atom is 0.254 e. The monoisotopic (exact) mass is 425 g/mol. The lowest BCUT2D eigenvalue weighted by atomic mass is 9.98. The van der Waals surface area contributed by atoms with Crippen molar-refractivity contribution in [3.63, 3.8) is 0 Å². The topological polar surface area (TPSA) is 79.7 Å². The molecule has 0 saturated heterocycles. The zero-order chi connectivity index (χ0) is 22.9. The number of carbonyl (C=O) groups excluding carboxylic acids is 1. The fourth-order valence-electron chi connectivity index (χ4n) is 3.89. The summed E-state index contributed by atoms with van der Waals surface area (Å²) in [6.07, 6.45) is 2.87. The lowest BCUT2D eigenvalue weighted by Gasteiger charge is -2.31. The highest BCUT2D eigenvalue weighted by Crippen LogP contribution is 2.36. The number of fused-ring (bicyclic) bond motifs is 1. The number of hydrogen-bond donors (Lipinski definition) is 1. The summed E-state index contributed by atoms with van der Waals surface area (Å²) in [5, 5.41) is 3.47. The minimum absolute atomic E-state index is 0.00396. The zero-order valence-electron chi connectivity index (χ0n) is 19.9. The van der Waals surface area contributed by atoms with E-state index in [4.69, 9.17) is 9.72 Å². The summed E-state index contributed by atoms with van der Waals surface area (Å²) in [6, 6.07) is 0. The van der Waals surface area contributed by atoms with Crippen molar-refractivity contribution in [2.45, 2.75) is 78.8 Å². The predicted octanol–water partition coefficient (Wildman–Crippen LogP) is 3.90. The first-order chi connectivity index (χ1) is 14.6. The Balaban J connectivity index is 1.92. The molecule has 2 aliphatic rings. The van der Waals surface area contributed by atoms with Crippen LogP contribution in [0.1, 0.15) is 77.4 Å². The van der Waals surface area contributed by atoms with E-state index in [9.17, 15) is 4.79 Å². The van der Waals surface area contributed by atoms with Crippen LogP contribution in [0.15, 0.2) is 27.5 Å². The molecule has 1 amide bonds. The van der Waals surface area contributed by atoms with E-state index in [1.165, 1.54) is 0 Å². The number of rotatable bonds is 7. The SMILES string of the molecule is C=N/C(NC1(C)CC1)=C(\C)C(C(=O)N1CCc2c(nc(C(C)C)nc2OC)C1)=C(C)C. The Labute approximate surface area is 185 Å². The van der Waals surface area contributed by atoms with Crippen LogP contribution in [0.2, 0.25) is 0 Å². The van der Waals surface area contributed by atoms with Crippen molar-refractivity contribution < 1.29 is 9.53 Å². The number of hydrogen-bond acceptors (Lipinski definition) is 6. The molecule has 1 aliphatic heterocycles. The van der Waals surface area contributed by atoms with Crippen molar-refractivity contribution in [3.05, 3.63) is 39.6 Å². The van der Waals surface area contributed by atoms with E-state index in [0.29, 0.717) is 36.8 Å². The van der Waals surface area contributed by atoms with Crippen molar-refractivity contribution in [1.82, 2.24) is 20.2 Å². The minimum atomic E-state index is -0.00396. The normalized spacial score (nSPS) is 17.5. The second kappa shape index (κ2) is 8.81. The quantitative estimate of drug-likeness (QED) is 0.407. The van der Waals surface area contributed by atoms with Crippen molar-refractivity contribution >= 4 is 12.6 Å². The third-order valence-electron chi connectivity index (χ3n) is 6.06. The molecule has 3 rings (SSSR count). The molecule has 1 aliphatic carbocycles. The average Bonchev–Trinajstić information content (AvgIpc) is 3.47. The number of carbonyl (C=O) groups is 1. The second-order valence-corrected chi connectivity index (χ2v) is 9.34. The van der Waals surface area contributed by atoms with E-state index < -0.39 is 0 Å². The Hall–Kier alpha value is -2.70. The third-order valence-corrected chi connectivity index (χ3v) is 6.06. The summed E-state index contributed by atoms with van der Waals surface area (Å²) >= 11 is 0. The lowest BCUT2D eigenvalue weighted by Crippen LogP contribution is -2.39. The number of ether oxygens (including phenoxy) is 1. The van der Waals surface area contributed by atoms with E-state index in [2.05, 4.69) is 42.8 Å². The van der Waals surface area contributed by atoms with Crippen LogP contribution in [0.5, 0.6) is 5.88 Å². The molecule has 1 aromatic heterocycles. The van der Waals surface area contributed by atoms with Gasteiger partial charge in [-0.2, -0.15) is 4.98 Å². The van der Waals surface area contributed by atoms with Gasteiger partial charge in [-0.25, -0.2) is 9.98 Å². The van der Waals surface area contributed by atoms with E-state index >= 15 is 0 Å². The van der Waals surface area contributed by atoms with Gasteiger partial charge in [0.05, 0.1) is 19.3 Å². The maximum absolute atomic E-state index is 13.6. The molecule has 0 spiro atoms. The second-order valence-electron chi connectivity index (χ2n) is 9.34. The highest BCUT2D eigenvalue weighted by atomic mass is 16.5. The molecule has 1 saturated carbocycles. The Morgan fingerprint density at radius 1 is 1.26 bits per heavy atom. The molecule has 7 heteroatoms. The van der Waals surface area contributed by atoms with Gasteiger partial charge in [-0.05, 0) is 53.7 Å². The largest absolute Gasteiger partial charge is 0.481 e. The van der Waals surface area contributed by atoms with Gasteiger partial charge in [-0.3, -0.25) is 4.79 Å². The lowest BCUT2D eigenvalue weighted by molar-refractivity contribution is -0.127. The number of nitrogens with one attached hydrogen (secondary N) is 1. The first kappa shape index (κ1) is 23.0. The number of amides is 1. The predicted molar refractivity (Wildman–Crippen MR) is 123 cm³/mol. The Bertz CT molecular complexity index is 953. The van der Waals surface area contributed by atoms with Gasteiger partial charge in [-0.15, -0.1) is 0 Å². The van der Waals surface area contributed by atoms with Crippen LogP contribution in [-0.4, -0.2) is 46.7 Å². The molecule has 1 N–H and O–H groups in total. The van der Waals surface area contributed by atoms with E-state index in [1.54, 1.807) is 7.11 Å². The first-order valence-electron chi connectivity index (χ1n) is 11.0. The summed E-state index contributed by atoms with van der Waals surface area (Å²) in [5.41, 5.74) is 4.41. The highest BCUT2D eigenvalue weighted by molar-refractivity contribution is 5.98. The molecule has 2 heterocycles. The first-order valence-corrected chi connectivity index (χ1v) is 11.0. The van der Waals surface area contributed by atoms with Crippen LogP contribution in [-0.2, 0) is 17.8 Å². The summed E-state index contributed by atoms with van der Waals surface area (Å²) in [5.74, 6) is 2.23. The van der Waals surface area contributed by atoms with Crippen molar-refractivity contribution in [3.8, 4) is 5.88 Å². The molecule has 1 fully saturated rings. The van der Waals surface area contributed by atoms with Crippen LogP contribution in [0.25, 0.3) is 0 Å². The van der Waals surface area contributed by atoms with Crippen LogP contribution in [0.4, 0.5) is 0 Å². The number of aromatic nitrogens is 2. The zero-order valence-corrected chi connectivity index (χ0v) is 19.9. The smallest absolute Gasteiger partial charge is 0.254 e. The van der Waals surface area contributed by atoms with Gasteiger partial charge in [0.2, 0.25) is 5.88 Å². The van der Waals surface area contributed by atoms with Gasteiger partial charge in [0.15, 0.2) is 0 Å². The third kappa shape index (κ3) is 4.81. The Morgan fingerprint density at radius 3 is 2.45 bits per heavy atom. The fourth-order valence-corrected chi connectivity index (χ4v) is 3.89. The standard InChI is InChI=1S/C24H35N5O2/c1-14(2)19(16(5)21(25-7)28-24(6)10-11-24)23(30)29-12-9-17-18(13-29)26-20(15(3)4)27-22(17)31-8/h15,28H,7,9-13H2,1-6,8H3/b21-16-. The molecule has 31 heavy (non-hydrogen) atoms. The Kier molecular flexibility index (Phi) is 6.53. The maximum atomic E-state index is 13.6. The molecule has 0 radical (unpaired) electrons. The molecule has 0 unspecified atom stereocenters. The summed E-state index contributed by atoms with van der Waals surface area (Å²) in [6.45, 7) is 16.9. The van der Waals surface area contributed by atoms with Crippen LogP contribution in [0, 0.1) is 0 Å². The molecule has 0 atom stereocenters. The molecular weight excluding hydrogens is 390 g/mol. The van der Waals surface area contributed by atoms with Crippen LogP contribution < -0.4 is 10.1 Å². The number of aliphatic imine (C=N–C) groups is 1. The average molecular weight is 426 g/mol. The number of nitrogens with zero attached hydrogens (tertiary/aromatic N) is 4. The van der Waals surface area contributed by atoms with Crippen molar-refractivity contribution in [1.29, 1.82) is 0 Å². The summed E-state index contributed by atoms with van der Waals surface area (Å²) in [4.78, 5) is 29.0. The van der Waals surface area contributed by atoms with Crippen LogP contribution in [0.3, 0.4) is 0 Å². The molecular formula is C24H35N5O2. The van der Waals surface area contributed by atoms with E-state index in [-0.39, 0.29) is 17.4 Å². The van der Waals surface area contributed by atoms with E-state index in [0.717, 1.165) is 41.1 Å². The minimum Gasteiger partial charge on any atom is -0.481 e. The van der Waals surface area contributed by atoms with Crippen molar-refractivity contribution in [2.75, 3.05) is 13.7 Å². The van der Waals surface area contributed by atoms with Crippen LogP contribution >= 0.6 is 0 Å². The summed E-state index contributed by atoms with van der Waals surface area (Å²) in [7, 11) is 1.64. The molecule has 0 aromatic carbocycles. The highest BCUT2D eigenvalue weighted by Gasteiger charge is 2.38. The van der Waals surface area contributed by atoms with Gasteiger partial charge in [-0.1, -0.05) is 19.4 Å². The molecule has 168 valence electrons. The number of allylic oxidation sites excluding steroid dienone is 1. The van der Waals surface area contributed by atoms with E-state index in [1.807, 2.05) is 25.7 Å². The van der Waals surface area contributed by atoms with Gasteiger partial charge in [0, 0.05) is 34.7 Å². The van der Waals surface area contributed by atoms with Gasteiger partial charge < -0.3 is 15.0 Å². The van der Waals surface area contributed by atoms with Gasteiger partial charge in [0.1, 0.15) is 11.6 Å². The summed E-state index contributed by atoms with van der Waals surface area (Å²) < 4.78 is 5.52.